The number of carbonyl (C=O) groups excluding carboxylic acids is 2. The summed E-state index contributed by atoms with van der Waals surface area (Å²) in [6.07, 6.45) is 0. The minimum atomic E-state index is -0.551. The van der Waals surface area contributed by atoms with Gasteiger partial charge in [-0.2, -0.15) is 0 Å². The average Bonchev–Trinajstić information content (AvgIpc) is 3.12. The number of rotatable bonds is 6. The molecule has 0 spiro atoms. The molecule has 3 amide bonds. The molecule has 0 saturated heterocycles. The lowest BCUT2D eigenvalue weighted by Gasteiger charge is -2.10. The number of anilines is 1. The van der Waals surface area contributed by atoms with E-state index in [9.17, 15) is 9.59 Å². The standard InChI is InChI=1S/C21H23N5O2S/c1-4-26-19(16-8-6-5-7-9-16)24-25-21(26)29-13-18(27)23-20(28)22-17-11-10-14(2)12-15(17)3/h5-12H,4,13H2,1-3H3,(H2,22,23,27,28). The molecule has 0 radical (unpaired) electrons. The van der Waals surface area contributed by atoms with Crippen molar-refractivity contribution in [1.29, 1.82) is 0 Å². The quantitative estimate of drug-likeness (QED) is 0.600. The van der Waals surface area contributed by atoms with Crippen molar-refractivity contribution in [2.75, 3.05) is 11.1 Å². The molecule has 0 atom stereocenters. The molecule has 8 heteroatoms. The Labute approximate surface area is 173 Å². The van der Waals surface area contributed by atoms with Gasteiger partial charge in [-0.1, -0.05) is 59.8 Å². The third-order valence-corrected chi connectivity index (χ3v) is 5.25. The van der Waals surface area contributed by atoms with Crippen molar-refractivity contribution in [2.24, 2.45) is 0 Å². The number of aryl methyl sites for hydroxylation is 2. The van der Waals surface area contributed by atoms with Gasteiger partial charge in [-0.3, -0.25) is 10.1 Å². The molecule has 2 N–H and O–H groups in total. The topological polar surface area (TPSA) is 88.9 Å². The number of carbonyl (C=O) groups is 2. The second-order valence-electron chi connectivity index (χ2n) is 6.53. The lowest BCUT2D eigenvalue weighted by atomic mass is 10.1. The molecule has 2 aromatic carbocycles. The number of hydrogen-bond donors (Lipinski definition) is 2. The molecule has 0 saturated carbocycles. The predicted octanol–water partition coefficient (Wildman–Crippen LogP) is 4.02. The summed E-state index contributed by atoms with van der Waals surface area (Å²) in [5.41, 5.74) is 3.68. The van der Waals surface area contributed by atoms with Crippen LogP contribution in [0.3, 0.4) is 0 Å². The van der Waals surface area contributed by atoms with Crippen molar-refractivity contribution in [1.82, 2.24) is 20.1 Å². The van der Waals surface area contributed by atoms with E-state index >= 15 is 0 Å². The van der Waals surface area contributed by atoms with Crippen LogP contribution in [0.25, 0.3) is 11.4 Å². The number of thioether (sulfide) groups is 1. The normalized spacial score (nSPS) is 10.6. The highest BCUT2D eigenvalue weighted by atomic mass is 32.2. The largest absolute Gasteiger partial charge is 0.325 e. The number of aromatic nitrogens is 3. The van der Waals surface area contributed by atoms with Crippen LogP contribution in [0.1, 0.15) is 18.1 Å². The lowest BCUT2D eigenvalue weighted by molar-refractivity contribution is -0.117. The minimum Gasteiger partial charge on any atom is -0.307 e. The van der Waals surface area contributed by atoms with E-state index < -0.39 is 11.9 Å². The molecule has 0 fully saturated rings. The van der Waals surface area contributed by atoms with Crippen molar-refractivity contribution in [2.45, 2.75) is 32.5 Å². The summed E-state index contributed by atoms with van der Waals surface area (Å²) in [6.45, 7) is 6.56. The van der Waals surface area contributed by atoms with Gasteiger partial charge in [-0.25, -0.2) is 4.79 Å². The van der Waals surface area contributed by atoms with E-state index in [0.29, 0.717) is 17.4 Å². The Balaban J connectivity index is 1.58. The fourth-order valence-electron chi connectivity index (χ4n) is 2.88. The van der Waals surface area contributed by atoms with E-state index in [1.165, 1.54) is 11.8 Å². The van der Waals surface area contributed by atoms with E-state index in [-0.39, 0.29) is 5.75 Å². The number of imide groups is 1. The molecular formula is C21H23N5O2S. The fraction of sp³-hybridized carbons (Fsp3) is 0.238. The van der Waals surface area contributed by atoms with Crippen molar-refractivity contribution in [3.8, 4) is 11.4 Å². The highest BCUT2D eigenvalue weighted by molar-refractivity contribution is 7.99. The zero-order valence-electron chi connectivity index (χ0n) is 16.6. The third kappa shape index (κ3) is 5.23. The molecule has 0 aliphatic rings. The molecule has 3 rings (SSSR count). The molecule has 0 bridgehead atoms. The number of nitrogens with one attached hydrogen (secondary N) is 2. The van der Waals surface area contributed by atoms with Crippen LogP contribution in [0, 0.1) is 13.8 Å². The number of hydrogen-bond acceptors (Lipinski definition) is 5. The Hall–Kier alpha value is -3.13. The number of benzene rings is 2. The van der Waals surface area contributed by atoms with Gasteiger partial charge in [0, 0.05) is 17.8 Å². The smallest absolute Gasteiger partial charge is 0.307 e. The van der Waals surface area contributed by atoms with Crippen LogP contribution in [-0.4, -0.2) is 32.5 Å². The van der Waals surface area contributed by atoms with Gasteiger partial charge in [0.2, 0.25) is 5.91 Å². The Morgan fingerprint density at radius 2 is 1.83 bits per heavy atom. The second-order valence-corrected chi connectivity index (χ2v) is 7.47. The highest BCUT2D eigenvalue weighted by Gasteiger charge is 2.15. The van der Waals surface area contributed by atoms with E-state index in [1.807, 2.05) is 73.9 Å². The Bertz CT molecular complexity index is 1020. The number of nitrogens with zero attached hydrogens (tertiary/aromatic N) is 3. The fourth-order valence-corrected chi connectivity index (χ4v) is 3.68. The summed E-state index contributed by atoms with van der Waals surface area (Å²) in [4.78, 5) is 24.3. The van der Waals surface area contributed by atoms with Gasteiger partial charge in [0.05, 0.1) is 5.75 Å². The van der Waals surface area contributed by atoms with Gasteiger partial charge < -0.3 is 9.88 Å². The highest BCUT2D eigenvalue weighted by Crippen LogP contribution is 2.23. The zero-order chi connectivity index (χ0) is 20.8. The molecule has 0 aliphatic carbocycles. The van der Waals surface area contributed by atoms with Crippen molar-refractivity contribution in [3.63, 3.8) is 0 Å². The van der Waals surface area contributed by atoms with Crippen LogP contribution in [0.5, 0.6) is 0 Å². The molecule has 3 aromatic rings. The second kappa shape index (κ2) is 9.38. The molecular weight excluding hydrogens is 386 g/mol. The summed E-state index contributed by atoms with van der Waals surface area (Å²) < 4.78 is 1.95. The van der Waals surface area contributed by atoms with Gasteiger partial charge >= 0.3 is 6.03 Å². The Kier molecular flexibility index (Phi) is 6.66. The number of urea groups is 1. The summed E-state index contributed by atoms with van der Waals surface area (Å²) in [6, 6.07) is 14.9. The molecule has 7 nitrogen and oxygen atoms in total. The summed E-state index contributed by atoms with van der Waals surface area (Å²) >= 11 is 1.25. The van der Waals surface area contributed by atoms with Crippen LogP contribution < -0.4 is 10.6 Å². The lowest BCUT2D eigenvalue weighted by Crippen LogP contribution is -2.35. The summed E-state index contributed by atoms with van der Waals surface area (Å²) in [7, 11) is 0. The Morgan fingerprint density at radius 3 is 2.52 bits per heavy atom. The monoisotopic (exact) mass is 409 g/mol. The van der Waals surface area contributed by atoms with Gasteiger partial charge in [0.15, 0.2) is 11.0 Å². The first-order valence-electron chi connectivity index (χ1n) is 9.27. The maximum Gasteiger partial charge on any atom is 0.325 e. The first kappa shape index (κ1) is 20.6. The van der Waals surface area contributed by atoms with Gasteiger partial charge in [0.25, 0.3) is 0 Å². The predicted molar refractivity (Wildman–Crippen MR) is 115 cm³/mol. The molecule has 0 unspecified atom stereocenters. The average molecular weight is 410 g/mol. The minimum absolute atomic E-state index is 0.0627. The van der Waals surface area contributed by atoms with Crippen LogP contribution in [0.4, 0.5) is 10.5 Å². The van der Waals surface area contributed by atoms with Crippen LogP contribution in [0.15, 0.2) is 53.7 Å². The summed E-state index contributed by atoms with van der Waals surface area (Å²) in [5.74, 6) is 0.417. The van der Waals surface area contributed by atoms with Crippen molar-refractivity contribution >= 4 is 29.4 Å². The van der Waals surface area contributed by atoms with E-state index in [2.05, 4.69) is 20.8 Å². The Morgan fingerprint density at radius 1 is 1.07 bits per heavy atom. The van der Waals surface area contributed by atoms with Crippen LogP contribution >= 0.6 is 11.8 Å². The first-order valence-corrected chi connectivity index (χ1v) is 10.3. The molecule has 0 aliphatic heterocycles. The van der Waals surface area contributed by atoms with E-state index in [1.54, 1.807) is 0 Å². The molecule has 1 aromatic heterocycles. The van der Waals surface area contributed by atoms with Crippen LogP contribution in [-0.2, 0) is 11.3 Å². The SMILES string of the molecule is CCn1c(SCC(=O)NC(=O)Nc2ccc(C)cc2C)nnc1-c1ccccc1. The maximum atomic E-state index is 12.2. The van der Waals surface area contributed by atoms with Crippen molar-refractivity contribution < 1.29 is 9.59 Å². The molecule has 29 heavy (non-hydrogen) atoms. The molecule has 1 heterocycles. The van der Waals surface area contributed by atoms with Crippen molar-refractivity contribution in [3.05, 3.63) is 59.7 Å². The zero-order valence-corrected chi connectivity index (χ0v) is 17.4. The maximum absolute atomic E-state index is 12.2. The van der Waals surface area contributed by atoms with Crippen LogP contribution in [0.2, 0.25) is 0 Å². The van der Waals surface area contributed by atoms with Gasteiger partial charge in [0.1, 0.15) is 0 Å². The van der Waals surface area contributed by atoms with E-state index in [0.717, 1.165) is 22.5 Å². The van der Waals surface area contributed by atoms with E-state index in [4.69, 9.17) is 0 Å². The summed E-state index contributed by atoms with van der Waals surface area (Å²) in [5, 5.41) is 14.1. The van der Waals surface area contributed by atoms with Gasteiger partial charge in [-0.05, 0) is 32.4 Å². The van der Waals surface area contributed by atoms with Gasteiger partial charge in [-0.15, -0.1) is 10.2 Å². The molecule has 150 valence electrons. The third-order valence-electron chi connectivity index (χ3n) is 4.28. The first-order chi connectivity index (χ1) is 14.0. The number of amides is 3.